The summed E-state index contributed by atoms with van der Waals surface area (Å²) in [6.07, 6.45) is 7.87. The van der Waals surface area contributed by atoms with Crippen molar-refractivity contribution in [3.63, 3.8) is 0 Å². The Labute approximate surface area is 68.7 Å². The maximum atomic E-state index is 5.59. The van der Waals surface area contributed by atoms with Gasteiger partial charge < -0.3 is 0 Å². The molecule has 0 aromatic carbocycles. The van der Waals surface area contributed by atoms with Gasteiger partial charge in [0.05, 0.1) is 3.94 Å². The predicted molar refractivity (Wildman–Crippen MR) is 44.8 cm³/mol. The Morgan fingerprint density at radius 3 is 3.00 bits per heavy atom. The molecule has 0 radical (unpaired) electrons. The third-order valence-electron chi connectivity index (χ3n) is 1.37. The fraction of sp³-hybridized carbons (Fsp3) is 0.429. The molecule has 1 aliphatic rings. The highest BCUT2D eigenvalue weighted by atomic mass is 79.9. The van der Waals surface area contributed by atoms with Crippen molar-refractivity contribution in [2.75, 3.05) is 0 Å². The summed E-state index contributed by atoms with van der Waals surface area (Å²) in [7, 11) is 0. The van der Waals surface area contributed by atoms with E-state index < -0.39 is 0 Å². The van der Waals surface area contributed by atoms with Crippen molar-refractivity contribution in [1.82, 2.24) is 0 Å². The highest BCUT2D eigenvalue weighted by molar-refractivity contribution is 9.12. The van der Waals surface area contributed by atoms with E-state index in [1.165, 1.54) is 24.8 Å². The molecule has 1 aliphatic carbocycles. The predicted octanol–water partition coefficient (Wildman–Crippen LogP) is 3.57. The molecule has 0 nitrogen and oxygen atoms in total. The van der Waals surface area contributed by atoms with Crippen LogP contribution in [-0.2, 0) is 0 Å². The highest BCUT2D eigenvalue weighted by Crippen LogP contribution is 2.22. The highest BCUT2D eigenvalue weighted by Gasteiger charge is 2.00. The van der Waals surface area contributed by atoms with Gasteiger partial charge in [-0.1, -0.05) is 17.7 Å². The molecule has 0 atom stereocenters. The fourth-order valence-corrected chi connectivity index (χ4v) is 1.40. The fourth-order valence-electron chi connectivity index (χ4n) is 0.967. The van der Waals surface area contributed by atoms with Crippen LogP contribution in [0.3, 0.4) is 0 Å². The van der Waals surface area contributed by atoms with Gasteiger partial charge in [-0.2, -0.15) is 0 Å². The summed E-state index contributed by atoms with van der Waals surface area (Å²) in [6.45, 7) is 0. The van der Waals surface area contributed by atoms with E-state index in [1.807, 2.05) is 6.08 Å². The maximum Gasteiger partial charge on any atom is 0.0836 e. The molecular formula is C7H8BrCl. The second-order valence-corrected chi connectivity index (χ2v) is 3.82. The van der Waals surface area contributed by atoms with Crippen LogP contribution in [0.25, 0.3) is 0 Å². The Kier molecular flexibility index (Phi) is 2.80. The average Bonchev–Trinajstić information content (AvgIpc) is 2.15. The largest absolute Gasteiger partial charge is 0.0836 e. The van der Waals surface area contributed by atoms with Gasteiger partial charge in [-0.05, 0) is 46.8 Å². The molecule has 0 aromatic rings. The summed E-state index contributed by atoms with van der Waals surface area (Å²) in [6, 6.07) is 0. The lowest BCUT2D eigenvalue weighted by Crippen LogP contribution is -1.67. The number of halogens is 2. The molecule has 0 heterocycles. The monoisotopic (exact) mass is 206 g/mol. The van der Waals surface area contributed by atoms with E-state index in [0.29, 0.717) is 3.94 Å². The van der Waals surface area contributed by atoms with Crippen LogP contribution in [-0.4, -0.2) is 0 Å². The first-order valence-electron chi connectivity index (χ1n) is 3.01. The zero-order chi connectivity index (χ0) is 6.69. The summed E-state index contributed by atoms with van der Waals surface area (Å²) in [4.78, 5) is 0. The third kappa shape index (κ3) is 2.55. The van der Waals surface area contributed by atoms with Crippen LogP contribution in [0.1, 0.15) is 19.3 Å². The summed E-state index contributed by atoms with van der Waals surface area (Å²) in [5.41, 5.74) is 1.36. The molecule has 2 heteroatoms. The molecular weight excluding hydrogens is 199 g/mol. The Balaban J connectivity index is 2.53. The Morgan fingerprint density at radius 1 is 1.78 bits per heavy atom. The minimum absolute atomic E-state index is 0.704. The van der Waals surface area contributed by atoms with Gasteiger partial charge in [-0.25, -0.2) is 0 Å². The van der Waals surface area contributed by atoms with E-state index in [2.05, 4.69) is 22.0 Å². The van der Waals surface area contributed by atoms with Crippen molar-refractivity contribution < 1.29 is 0 Å². The molecule has 9 heavy (non-hydrogen) atoms. The number of allylic oxidation sites excluding steroid dienone is 3. The minimum atomic E-state index is 0.704. The van der Waals surface area contributed by atoms with Crippen LogP contribution in [0.5, 0.6) is 0 Å². The van der Waals surface area contributed by atoms with Crippen LogP contribution in [0.4, 0.5) is 0 Å². The van der Waals surface area contributed by atoms with E-state index in [4.69, 9.17) is 11.6 Å². The molecule has 50 valence electrons. The van der Waals surface area contributed by atoms with Gasteiger partial charge in [0, 0.05) is 0 Å². The molecule has 0 saturated heterocycles. The first-order chi connectivity index (χ1) is 4.29. The van der Waals surface area contributed by atoms with Gasteiger partial charge in [0.15, 0.2) is 0 Å². The summed E-state index contributed by atoms with van der Waals surface area (Å²) < 4.78 is 0.704. The second kappa shape index (κ2) is 3.43. The van der Waals surface area contributed by atoms with Gasteiger partial charge in [-0.15, -0.1) is 0 Å². The average molecular weight is 207 g/mol. The summed E-state index contributed by atoms with van der Waals surface area (Å²) in [5, 5.41) is 0. The van der Waals surface area contributed by atoms with E-state index in [0.717, 1.165) is 0 Å². The smallest absolute Gasteiger partial charge is 0.0812 e. The Hall–Kier alpha value is 0.250. The van der Waals surface area contributed by atoms with Crippen LogP contribution in [0, 0.1) is 0 Å². The minimum Gasteiger partial charge on any atom is -0.0812 e. The first-order valence-corrected chi connectivity index (χ1v) is 4.18. The van der Waals surface area contributed by atoms with Gasteiger partial charge in [-0.3, -0.25) is 0 Å². The molecule has 0 aromatic heterocycles. The molecule has 0 unspecified atom stereocenters. The maximum absolute atomic E-state index is 5.59. The van der Waals surface area contributed by atoms with Crippen molar-refractivity contribution >= 4 is 27.5 Å². The van der Waals surface area contributed by atoms with E-state index in [1.54, 1.807) is 0 Å². The van der Waals surface area contributed by atoms with Gasteiger partial charge in [0.1, 0.15) is 0 Å². The SMILES string of the molecule is Cl/C(Br)=C/C1=CCCC1. The summed E-state index contributed by atoms with van der Waals surface area (Å²) >= 11 is 8.76. The van der Waals surface area contributed by atoms with E-state index >= 15 is 0 Å². The summed E-state index contributed by atoms with van der Waals surface area (Å²) in [5.74, 6) is 0. The standard InChI is InChI=1S/C7H8BrCl/c8-7(9)5-6-3-1-2-4-6/h3,5H,1-2,4H2/b7-5+. The topological polar surface area (TPSA) is 0 Å². The zero-order valence-electron chi connectivity index (χ0n) is 5.03. The molecule has 0 amide bonds. The normalized spacial score (nSPS) is 20.2. The molecule has 0 bridgehead atoms. The third-order valence-corrected chi connectivity index (χ3v) is 1.71. The van der Waals surface area contributed by atoms with Gasteiger partial charge in [0.25, 0.3) is 0 Å². The van der Waals surface area contributed by atoms with Crippen molar-refractivity contribution in [2.45, 2.75) is 19.3 Å². The number of rotatable bonds is 1. The van der Waals surface area contributed by atoms with Crippen LogP contribution < -0.4 is 0 Å². The first kappa shape index (κ1) is 7.36. The lowest BCUT2D eigenvalue weighted by molar-refractivity contribution is 0.916. The zero-order valence-corrected chi connectivity index (χ0v) is 7.37. The van der Waals surface area contributed by atoms with Crippen molar-refractivity contribution in [2.24, 2.45) is 0 Å². The van der Waals surface area contributed by atoms with Gasteiger partial charge in [0.2, 0.25) is 0 Å². The Morgan fingerprint density at radius 2 is 2.56 bits per heavy atom. The number of hydrogen-bond donors (Lipinski definition) is 0. The Bertz CT molecular complexity index is 154. The van der Waals surface area contributed by atoms with Crippen LogP contribution >= 0.6 is 27.5 Å². The van der Waals surface area contributed by atoms with E-state index in [9.17, 15) is 0 Å². The molecule has 0 fully saturated rings. The molecule has 0 N–H and O–H groups in total. The van der Waals surface area contributed by atoms with Crippen molar-refractivity contribution in [1.29, 1.82) is 0 Å². The van der Waals surface area contributed by atoms with Crippen molar-refractivity contribution in [3.05, 3.63) is 21.7 Å². The molecule has 0 aliphatic heterocycles. The molecule has 1 rings (SSSR count). The van der Waals surface area contributed by atoms with Crippen molar-refractivity contribution in [3.8, 4) is 0 Å². The molecule has 0 spiro atoms. The quantitative estimate of drug-likeness (QED) is 0.617. The second-order valence-electron chi connectivity index (χ2n) is 2.11. The van der Waals surface area contributed by atoms with Crippen LogP contribution in [0.2, 0.25) is 0 Å². The lowest BCUT2D eigenvalue weighted by Gasteiger charge is -1.88. The van der Waals surface area contributed by atoms with Gasteiger partial charge >= 0.3 is 0 Å². The lowest BCUT2D eigenvalue weighted by atomic mass is 10.2. The van der Waals surface area contributed by atoms with Crippen LogP contribution in [0.15, 0.2) is 21.7 Å². The number of hydrogen-bond acceptors (Lipinski definition) is 0. The molecule has 0 saturated carbocycles. The van der Waals surface area contributed by atoms with E-state index in [-0.39, 0.29) is 0 Å².